The van der Waals surface area contributed by atoms with Crippen molar-refractivity contribution in [2.45, 2.75) is 60.4 Å². The van der Waals surface area contributed by atoms with Gasteiger partial charge in [-0.3, -0.25) is 4.68 Å². The van der Waals surface area contributed by atoms with Gasteiger partial charge in [0, 0.05) is 19.1 Å². The first-order chi connectivity index (χ1) is 10.3. The Balaban J connectivity index is 2.01. The Morgan fingerprint density at radius 2 is 1.77 bits per heavy atom. The molecule has 0 spiro atoms. The summed E-state index contributed by atoms with van der Waals surface area (Å²) in [7, 11) is 0. The third kappa shape index (κ3) is 3.45. The van der Waals surface area contributed by atoms with Gasteiger partial charge in [-0.1, -0.05) is 13.8 Å². The molecule has 1 aromatic rings. The van der Waals surface area contributed by atoms with Crippen molar-refractivity contribution >= 4 is 11.7 Å². The first-order valence-electron chi connectivity index (χ1n) is 8.42. The molecule has 0 bridgehead atoms. The molecule has 2 rings (SSSR count). The van der Waals surface area contributed by atoms with E-state index >= 15 is 0 Å². The Bertz CT molecular complexity index is 525. The van der Waals surface area contributed by atoms with Gasteiger partial charge in [0.2, 0.25) is 0 Å². The van der Waals surface area contributed by atoms with Gasteiger partial charge in [0.15, 0.2) is 0 Å². The van der Waals surface area contributed by atoms with E-state index in [0.29, 0.717) is 12.0 Å². The van der Waals surface area contributed by atoms with Gasteiger partial charge >= 0.3 is 6.03 Å². The zero-order valence-electron chi connectivity index (χ0n) is 14.8. The second-order valence-electron chi connectivity index (χ2n) is 7.08. The highest BCUT2D eigenvalue weighted by atomic mass is 16.2. The number of urea groups is 1. The maximum atomic E-state index is 12.5. The van der Waals surface area contributed by atoms with Gasteiger partial charge in [-0.15, -0.1) is 0 Å². The first kappa shape index (κ1) is 16.8. The van der Waals surface area contributed by atoms with Gasteiger partial charge in [0.25, 0.3) is 0 Å². The molecule has 0 unspecified atom stereocenters. The number of anilines is 1. The van der Waals surface area contributed by atoms with E-state index in [1.54, 1.807) is 0 Å². The lowest BCUT2D eigenvalue weighted by molar-refractivity contribution is 0.167. The van der Waals surface area contributed by atoms with E-state index in [-0.39, 0.29) is 6.03 Å². The molecule has 2 heterocycles. The number of hydrogen-bond donors (Lipinski definition) is 1. The molecule has 1 aliphatic heterocycles. The largest absolute Gasteiger partial charge is 0.325 e. The lowest BCUT2D eigenvalue weighted by atomic mass is 9.87. The van der Waals surface area contributed by atoms with Crippen molar-refractivity contribution in [2.75, 3.05) is 18.4 Å². The second kappa shape index (κ2) is 6.71. The highest BCUT2D eigenvalue weighted by molar-refractivity contribution is 5.90. The van der Waals surface area contributed by atoms with E-state index in [1.807, 2.05) is 23.4 Å². The van der Waals surface area contributed by atoms with Gasteiger partial charge in [0.05, 0.1) is 17.1 Å². The number of nitrogens with one attached hydrogen (secondary N) is 1. The van der Waals surface area contributed by atoms with Gasteiger partial charge in [-0.25, -0.2) is 4.79 Å². The molecule has 0 aromatic carbocycles. The summed E-state index contributed by atoms with van der Waals surface area (Å²) < 4.78 is 1.97. The fourth-order valence-electron chi connectivity index (χ4n) is 3.30. The second-order valence-corrected chi connectivity index (χ2v) is 7.08. The fraction of sp³-hybridized carbons (Fsp3) is 0.765. The Morgan fingerprint density at radius 1 is 1.18 bits per heavy atom. The molecule has 1 N–H and O–H groups in total. The van der Waals surface area contributed by atoms with E-state index in [2.05, 4.69) is 38.1 Å². The molecular weight excluding hydrogens is 276 g/mol. The van der Waals surface area contributed by atoms with Crippen molar-refractivity contribution < 1.29 is 4.79 Å². The van der Waals surface area contributed by atoms with E-state index in [1.165, 1.54) is 0 Å². The summed E-state index contributed by atoms with van der Waals surface area (Å²) in [6, 6.07) is 0.308. The van der Waals surface area contributed by atoms with Crippen LogP contribution in [0.15, 0.2) is 0 Å². The number of carbonyl (C=O) groups excluding carboxylic acids is 1. The van der Waals surface area contributed by atoms with E-state index in [9.17, 15) is 4.79 Å². The van der Waals surface area contributed by atoms with E-state index in [0.717, 1.165) is 48.9 Å². The number of piperidine rings is 1. The maximum Gasteiger partial charge on any atom is 0.321 e. The van der Waals surface area contributed by atoms with Crippen LogP contribution in [0.4, 0.5) is 10.5 Å². The van der Waals surface area contributed by atoms with Gasteiger partial charge in [0.1, 0.15) is 0 Å². The van der Waals surface area contributed by atoms with Crippen molar-refractivity contribution in [3.63, 3.8) is 0 Å². The molecule has 22 heavy (non-hydrogen) atoms. The van der Waals surface area contributed by atoms with Crippen molar-refractivity contribution in [3.8, 4) is 0 Å². The molecule has 1 aliphatic rings. The third-order valence-electron chi connectivity index (χ3n) is 4.82. The number of nitrogens with zero attached hydrogens (tertiary/aromatic N) is 3. The molecule has 124 valence electrons. The molecule has 0 atom stereocenters. The molecule has 0 saturated carbocycles. The average Bonchev–Trinajstić information content (AvgIpc) is 2.75. The number of hydrogen-bond acceptors (Lipinski definition) is 2. The minimum absolute atomic E-state index is 0.0108. The third-order valence-corrected chi connectivity index (χ3v) is 4.82. The van der Waals surface area contributed by atoms with Gasteiger partial charge < -0.3 is 10.2 Å². The average molecular weight is 306 g/mol. The Labute approximate surface area is 134 Å². The van der Waals surface area contributed by atoms with Gasteiger partial charge in [-0.05, 0) is 52.4 Å². The summed E-state index contributed by atoms with van der Waals surface area (Å²) >= 11 is 0. The van der Waals surface area contributed by atoms with Crippen LogP contribution in [0.2, 0.25) is 0 Å². The monoisotopic (exact) mass is 306 g/mol. The normalized spacial score (nSPS) is 16.6. The number of carbonyl (C=O) groups is 1. The van der Waals surface area contributed by atoms with Crippen LogP contribution < -0.4 is 5.32 Å². The van der Waals surface area contributed by atoms with Crippen molar-refractivity contribution in [2.24, 2.45) is 11.8 Å². The quantitative estimate of drug-likeness (QED) is 0.918. The standard InChI is InChI=1S/C17H30N4O/c1-11(2)15-7-9-20(10-8-15)17(22)18-16-13(5)19-21(12(3)4)14(16)6/h11-12,15H,7-10H2,1-6H3,(H,18,22). The molecule has 5 heteroatoms. The Morgan fingerprint density at radius 3 is 2.23 bits per heavy atom. The van der Waals surface area contributed by atoms with Crippen LogP contribution in [-0.2, 0) is 0 Å². The fourth-order valence-corrected chi connectivity index (χ4v) is 3.30. The van der Waals surface area contributed by atoms with E-state index < -0.39 is 0 Å². The highest BCUT2D eigenvalue weighted by Crippen LogP contribution is 2.26. The van der Waals surface area contributed by atoms with Crippen molar-refractivity contribution in [3.05, 3.63) is 11.4 Å². The summed E-state index contributed by atoms with van der Waals surface area (Å²) in [5.41, 5.74) is 2.78. The number of aryl methyl sites for hydroxylation is 1. The van der Waals surface area contributed by atoms with Crippen LogP contribution in [0.1, 0.15) is 58.0 Å². The van der Waals surface area contributed by atoms with Crippen molar-refractivity contribution in [1.29, 1.82) is 0 Å². The molecule has 0 aliphatic carbocycles. The minimum atomic E-state index is 0.0108. The molecule has 0 radical (unpaired) electrons. The summed E-state index contributed by atoms with van der Waals surface area (Å²) in [6.45, 7) is 14.4. The number of likely N-dealkylation sites (tertiary alicyclic amines) is 1. The summed E-state index contributed by atoms with van der Waals surface area (Å²) in [4.78, 5) is 14.4. The van der Waals surface area contributed by atoms with Crippen LogP contribution in [0.5, 0.6) is 0 Å². The number of amides is 2. The SMILES string of the molecule is Cc1nn(C(C)C)c(C)c1NC(=O)N1CCC(C(C)C)CC1. The van der Waals surface area contributed by atoms with Gasteiger partial charge in [-0.2, -0.15) is 5.10 Å². The minimum Gasteiger partial charge on any atom is -0.325 e. The first-order valence-corrected chi connectivity index (χ1v) is 8.42. The summed E-state index contributed by atoms with van der Waals surface area (Å²) in [6.07, 6.45) is 2.21. The van der Waals surface area contributed by atoms with Crippen molar-refractivity contribution in [1.82, 2.24) is 14.7 Å². The smallest absolute Gasteiger partial charge is 0.321 e. The van der Waals surface area contributed by atoms with E-state index in [4.69, 9.17) is 0 Å². The van der Waals surface area contributed by atoms with Crippen LogP contribution in [0.3, 0.4) is 0 Å². The summed E-state index contributed by atoms with van der Waals surface area (Å²) in [5.74, 6) is 1.45. The molecule has 5 nitrogen and oxygen atoms in total. The molecular formula is C17H30N4O. The van der Waals surface area contributed by atoms with Crippen LogP contribution in [0.25, 0.3) is 0 Å². The van der Waals surface area contributed by atoms with Crippen LogP contribution >= 0.6 is 0 Å². The Hall–Kier alpha value is -1.52. The lowest BCUT2D eigenvalue weighted by Crippen LogP contribution is -2.42. The molecule has 2 amide bonds. The number of rotatable bonds is 3. The Kier molecular flexibility index (Phi) is 5.14. The predicted octanol–water partition coefficient (Wildman–Crippen LogP) is 3.98. The molecule has 1 fully saturated rings. The zero-order valence-corrected chi connectivity index (χ0v) is 14.8. The molecule has 1 saturated heterocycles. The number of aromatic nitrogens is 2. The summed E-state index contributed by atoms with van der Waals surface area (Å²) in [5, 5.41) is 7.60. The predicted molar refractivity (Wildman–Crippen MR) is 90.2 cm³/mol. The lowest BCUT2D eigenvalue weighted by Gasteiger charge is -2.33. The maximum absolute atomic E-state index is 12.5. The highest BCUT2D eigenvalue weighted by Gasteiger charge is 2.25. The van der Waals surface area contributed by atoms with Crippen LogP contribution in [0, 0.1) is 25.7 Å². The molecule has 1 aromatic heterocycles. The van der Waals surface area contributed by atoms with Crippen LogP contribution in [-0.4, -0.2) is 33.8 Å². The zero-order chi connectivity index (χ0) is 16.4. The topological polar surface area (TPSA) is 50.2 Å².